The van der Waals surface area contributed by atoms with Crippen LogP contribution < -0.4 is 4.72 Å². The lowest BCUT2D eigenvalue weighted by Gasteiger charge is -2.04. The number of hydrogen-bond acceptors (Lipinski definition) is 5. The summed E-state index contributed by atoms with van der Waals surface area (Å²) in [5, 5.41) is 1.31. The minimum atomic E-state index is -3.62. The van der Waals surface area contributed by atoms with Gasteiger partial charge in [-0.2, -0.15) is 8.42 Å². The Morgan fingerprint density at radius 2 is 2.11 bits per heavy atom. The maximum Gasteiger partial charge on any atom is 0.281 e. The van der Waals surface area contributed by atoms with Crippen LogP contribution in [0.25, 0.3) is 0 Å². The molecule has 2 rings (SSSR count). The molecule has 18 heavy (non-hydrogen) atoms. The average molecular weight is 286 g/mol. The molecule has 2 aromatic rings. The molecular formula is C10H14N4O2S2. The highest BCUT2D eigenvalue weighted by atomic mass is 32.2. The van der Waals surface area contributed by atoms with E-state index < -0.39 is 10.0 Å². The molecule has 1 N–H and O–H groups in total. The first-order valence-electron chi connectivity index (χ1n) is 5.37. The molecule has 0 aliphatic heterocycles. The van der Waals surface area contributed by atoms with Crippen LogP contribution in [-0.2, 0) is 10.0 Å². The number of imidazole rings is 1. The first kappa shape index (κ1) is 13.0. The number of nitrogens with zero attached hydrogens (tertiary/aromatic N) is 3. The summed E-state index contributed by atoms with van der Waals surface area (Å²) in [6.45, 7) is 5.73. The number of thiazole rings is 1. The van der Waals surface area contributed by atoms with Gasteiger partial charge in [-0.15, -0.1) is 11.3 Å². The number of anilines is 1. The van der Waals surface area contributed by atoms with E-state index in [0.29, 0.717) is 5.00 Å². The molecule has 0 radical (unpaired) electrons. The molecule has 0 saturated carbocycles. The van der Waals surface area contributed by atoms with Gasteiger partial charge in [0.1, 0.15) is 5.00 Å². The molecule has 0 aliphatic carbocycles. The van der Waals surface area contributed by atoms with Crippen molar-refractivity contribution in [1.29, 1.82) is 0 Å². The molecule has 0 amide bonds. The lowest BCUT2D eigenvalue weighted by molar-refractivity contribution is 0.592. The zero-order chi connectivity index (χ0) is 13.3. The summed E-state index contributed by atoms with van der Waals surface area (Å²) in [5.41, 5.74) is 0. The van der Waals surface area contributed by atoms with Gasteiger partial charge in [-0.1, -0.05) is 0 Å². The Balaban J connectivity index is 2.25. The van der Waals surface area contributed by atoms with Crippen LogP contribution in [0.3, 0.4) is 0 Å². The normalized spacial score (nSPS) is 12.0. The predicted molar refractivity (Wildman–Crippen MR) is 70.3 cm³/mol. The molecule has 0 bridgehead atoms. The van der Waals surface area contributed by atoms with Crippen molar-refractivity contribution in [2.24, 2.45) is 0 Å². The predicted octanol–water partition coefficient (Wildman–Crippen LogP) is 2.03. The zero-order valence-electron chi connectivity index (χ0n) is 10.3. The first-order chi connectivity index (χ1) is 8.38. The molecular weight excluding hydrogens is 272 g/mol. The molecule has 2 heterocycles. The van der Waals surface area contributed by atoms with Gasteiger partial charge >= 0.3 is 0 Å². The Labute approximate surface area is 110 Å². The number of aromatic nitrogens is 3. The molecule has 0 saturated heterocycles. The smallest absolute Gasteiger partial charge is 0.281 e. The Kier molecular flexibility index (Phi) is 3.40. The van der Waals surface area contributed by atoms with Crippen molar-refractivity contribution in [2.75, 3.05) is 4.72 Å². The van der Waals surface area contributed by atoms with E-state index in [1.165, 1.54) is 30.1 Å². The second kappa shape index (κ2) is 4.69. The fourth-order valence-electron chi connectivity index (χ4n) is 1.33. The van der Waals surface area contributed by atoms with Crippen molar-refractivity contribution in [3.63, 3.8) is 0 Å². The molecule has 2 aromatic heterocycles. The topological polar surface area (TPSA) is 76.9 Å². The summed E-state index contributed by atoms with van der Waals surface area (Å²) in [6, 6.07) is 0.173. The number of rotatable bonds is 4. The summed E-state index contributed by atoms with van der Waals surface area (Å²) in [6.07, 6.45) is 4.52. The maximum absolute atomic E-state index is 12.0. The van der Waals surface area contributed by atoms with E-state index in [2.05, 4.69) is 14.7 Å². The van der Waals surface area contributed by atoms with Crippen molar-refractivity contribution in [3.8, 4) is 0 Å². The minimum absolute atomic E-state index is 0.0160. The number of hydrogen-bond donors (Lipinski definition) is 1. The third-order valence-corrected chi connectivity index (χ3v) is 4.51. The molecule has 6 nitrogen and oxygen atoms in total. The van der Waals surface area contributed by atoms with Crippen LogP contribution in [-0.4, -0.2) is 23.0 Å². The van der Waals surface area contributed by atoms with Gasteiger partial charge in [-0.05, 0) is 20.8 Å². The second-order valence-corrected chi connectivity index (χ2v) is 6.97. The van der Waals surface area contributed by atoms with Crippen molar-refractivity contribution < 1.29 is 8.42 Å². The standard InChI is InChI=1S/C10H14N4O2S2/c1-7(2)14-5-10(12-6-14)18(15,16)13-9-4-11-8(3)17-9/h4-7,13H,1-3H3. The summed E-state index contributed by atoms with van der Waals surface area (Å²) >= 11 is 1.29. The highest BCUT2D eigenvalue weighted by Gasteiger charge is 2.19. The first-order valence-corrected chi connectivity index (χ1v) is 7.67. The van der Waals surface area contributed by atoms with Crippen LogP contribution in [0, 0.1) is 6.92 Å². The van der Waals surface area contributed by atoms with Crippen molar-refractivity contribution in [1.82, 2.24) is 14.5 Å². The van der Waals surface area contributed by atoms with Crippen molar-refractivity contribution in [2.45, 2.75) is 31.8 Å². The molecule has 0 aliphatic rings. The quantitative estimate of drug-likeness (QED) is 0.933. The largest absolute Gasteiger partial charge is 0.334 e. The Hall–Kier alpha value is -1.41. The Morgan fingerprint density at radius 3 is 2.61 bits per heavy atom. The fourth-order valence-corrected chi connectivity index (χ4v) is 3.23. The maximum atomic E-state index is 12.0. The van der Waals surface area contributed by atoms with Crippen LogP contribution in [0.15, 0.2) is 23.7 Å². The summed E-state index contributed by atoms with van der Waals surface area (Å²) in [5.74, 6) is 0. The van der Waals surface area contributed by atoms with E-state index in [0.717, 1.165) is 5.01 Å². The van der Waals surface area contributed by atoms with Crippen molar-refractivity contribution in [3.05, 3.63) is 23.7 Å². The van der Waals surface area contributed by atoms with E-state index in [-0.39, 0.29) is 11.1 Å². The second-order valence-electron chi connectivity index (χ2n) is 4.10. The summed E-state index contributed by atoms with van der Waals surface area (Å²) < 4.78 is 28.3. The molecule has 98 valence electrons. The Bertz CT molecular complexity index is 642. The fraction of sp³-hybridized carbons (Fsp3) is 0.400. The van der Waals surface area contributed by atoms with Gasteiger partial charge in [-0.25, -0.2) is 9.97 Å². The minimum Gasteiger partial charge on any atom is -0.334 e. The monoisotopic (exact) mass is 286 g/mol. The van der Waals surface area contributed by atoms with Gasteiger partial charge in [0.25, 0.3) is 10.0 Å². The molecule has 0 aromatic carbocycles. The van der Waals surface area contributed by atoms with Gasteiger partial charge in [0.05, 0.1) is 17.5 Å². The van der Waals surface area contributed by atoms with Crippen LogP contribution >= 0.6 is 11.3 Å². The van der Waals surface area contributed by atoms with E-state index in [9.17, 15) is 8.42 Å². The van der Waals surface area contributed by atoms with Gasteiger partial charge in [-0.3, -0.25) is 4.72 Å². The van der Waals surface area contributed by atoms with Crippen LogP contribution in [0.5, 0.6) is 0 Å². The third-order valence-electron chi connectivity index (χ3n) is 2.31. The van der Waals surface area contributed by atoms with Gasteiger partial charge in [0.15, 0.2) is 5.03 Å². The van der Waals surface area contributed by atoms with E-state index >= 15 is 0 Å². The summed E-state index contributed by atoms with van der Waals surface area (Å²) in [7, 11) is -3.62. The molecule has 8 heteroatoms. The van der Waals surface area contributed by atoms with E-state index in [4.69, 9.17) is 0 Å². The lowest BCUT2D eigenvalue weighted by Crippen LogP contribution is -2.12. The number of sulfonamides is 1. The molecule has 0 spiro atoms. The molecule has 0 fully saturated rings. The van der Waals surface area contributed by atoms with Crippen LogP contribution in [0.4, 0.5) is 5.00 Å². The highest BCUT2D eigenvalue weighted by Crippen LogP contribution is 2.21. The molecule has 0 unspecified atom stereocenters. The zero-order valence-corrected chi connectivity index (χ0v) is 11.9. The van der Waals surface area contributed by atoms with Crippen LogP contribution in [0.1, 0.15) is 24.9 Å². The van der Waals surface area contributed by atoms with Gasteiger partial charge in [0, 0.05) is 12.2 Å². The third kappa shape index (κ3) is 2.70. The highest BCUT2D eigenvalue weighted by molar-refractivity contribution is 7.92. The van der Waals surface area contributed by atoms with Crippen LogP contribution in [0.2, 0.25) is 0 Å². The van der Waals surface area contributed by atoms with Gasteiger partial charge < -0.3 is 4.57 Å². The summed E-state index contributed by atoms with van der Waals surface area (Å²) in [4.78, 5) is 7.90. The van der Waals surface area contributed by atoms with E-state index in [1.54, 1.807) is 4.57 Å². The number of aryl methyl sites for hydroxylation is 1. The average Bonchev–Trinajstić information content (AvgIpc) is 2.86. The lowest BCUT2D eigenvalue weighted by atomic mass is 10.4. The number of nitrogens with one attached hydrogen (secondary N) is 1. The van der Waals surface area contributed by atoms with E-state index in [1.807, 2.05) is 20.8 Å². The Morgan fingerprint density at radius 1 is 1.39 bits per heavy atom. The van der Waals surface area contributed by atoms with Crippen molar-refractivity contribution >= 4 is 26.4 Å². The molecule has 0 atom stereocenters. The SMILES string of the molecule is Cc1ncc(NS(=O)(=O)c2cn(C(C)C)cn2)s1. The van der Waals surface area contributed by atoms with Gasteiger partial charge in [0.2, 0.25) is 0 Å².